The minimum atomic E-state index is -0.682. The number of halogens is 1. The Balaban J connectivity index is 1.51. The summed E-state index contributed by atoms with van der Waals surface area (Å²) in [4.78, 5) is 36.3. The summed E-state index contributed by atoms with van der Waals surface area (Å²) in [6.07, 6.45) is 0. The number of carbonyl (C=O) groups excluding carboxylic acids is 3. The first kappa shape index (κ1) is 21.5. The first-order valence-electron chi connectivity index (χ1n) is 9.34. The molecule has 0 aromatic heterocycles. The Hall–Kier alpha value is -4.20. The molecule has 8 heteroatoms. The van der Waals surface area contributed by atoms with Crippen molar-refractivity contribution >= 4 is 29.1 Å². The van der Waals surface area contributed by atoms with Crippen LogP contribution in [-0.4, -0.2) is 31.4 Å². The predicted octanol–water partition coefficient (Wildman–Crippen LogP) is 3.46. The predicted molar refractivity (Wildman–Crippen MR) is 115 cm³/mol. The number of hydrogen-bond donors (Lipinski definition) is 3. The molecule has 3 rings (SSSR count). The van der Waals surface area contributed by atoms with E-state index in [1.54, 1.807) is 55.6 Å². The number of carbonyl (C=O) groups is 3. The molecule has 3 N–H and O–H groups in total. The van der Waals surface area contributed by atoms with Crippen LogP contribution in [0.25, 0.3) is 0 Å². The van der Waals surface area contributed by atoms with Crippen molar-refractivity contribution in [1.82, 2.24) is 5.32 Å². The van der Waals surface area contributed by atoms with E-state index >= 15 is 0 Å². The minimum Gasteiger partial charge on any atom is -0.497 e. The van der Waals surface area contributed by atoms with E-state index in [0.29, 0.717) is 22.7 Å². The normalized spacial score (nSPS) is 10.1. The SMILES string of the molecule is COc1ccc(NC(=O)c2ccc(NC(=O)CNC(=O)c3ccccc3F)cc2)cc1. The minimum absolute atomic E-state index is 0.137. The molecule has 0 heterocycles. The highest BCUT2D eigenvalue weighted by molar-refractivity contribution is 6.05. The monoisotopic (exact) mass is 421 g/mol. The van der Waals surface area contributed by atoms with Crippen LogP contribution in [0.2, 0.25) is 0 Å². The van der Waals surface area contributed by atoms with Gasteiger partial charge in [0.25, 0.3) is 11.8 Å². The molecule has 0 aliphatic heterocycles. The first-order chi connectivity index (χ1) is 15.0. The van der Waals surface area contributed by atoms with Crippen molar-refractivity contribution < 1.29 is 23.5 Å². The van der Waals surface area contributed by atoms with Gasteiger partial charge in [0.2, 0.25) is 5.91 Å². The van der Waals surface area contributed by atoms with Gasteiger partial charge in [-0.3, -0.25) is 14.4 Å². The quantitative estimate of drug-likeness (QED) is 0.544. The lowest BCUT2D eigenvalue weighted by atomic mass is 10.2. The third-order valence-corrected chi connectivity index (χ3v) is 4.31. The number of amides is 3. The van der Waals surface area contributed by atoms with Gasteiger partial charge in [-0.05, 0) is 60.7 Å². The summed E-state index contributed by atoms with van der Waals surface area (Å²) in [5, 5.41) is 7.72. The van der Waals surface area contributed by atoms with E-state index in [2.05, 4.69) is 16.0 Å². The summed E-state index contributed by atoms with van der Waals surface area (Å²) < 4.78 is 18.7. The van der Waals surface area contributed by atoms with Crippen molar-refractivity contribution in [2.75, 3.05) is 24.3 Å². The zero-order valence-electron chi connectivity index (χ0n) is 16.6. The van der Waals surface area contributed by atoms with Gasteiger partial charge >= 0.3 is 0 Å². The molecule has 0 aliphatic rings. The second kappa shape index (κ2) is 10.0. The molecule has 0 bridgehead atoms. The summed E-state index contributed by atoms with van der Waals surface area (Å²) >= 11 is 0. The van der Waals surface area contributed by atoms with Crippen molar-refractivity contribution in [3.05, 3.63) is 89.7 Å². The topological polar surface area (TPSA) is 96.5 Å². The molecule has 0 radical (unpaired) electrons. The Bertz CT molecular complexity index is 1080. The van der Waals surface area contributed by atoms with Gasteiger partial charge in [-0.1, -0.05) is 12.1 Å². The zero-order valence-corrected chi connectivity index (χ0v) is 16.6. The number of benzene rings is 3. The Labute approximate surface area is 178 Å². The molecule has 0 unspecified atom stereocenters. The molecule has 7 nitrogen and oxygen atoms in total. The van der Waals surface area contributed by atoms with Crippen LogP contribution in [0.5, 0.6) is 5.75 Å². The van der Waals surface area contributed by atoms with Gasteiger partial charge in [-0.15, -0.1) is 0 Å². The fourth-order valence-electron chi connectivity index (χ4n) is 2.69. The molecular weight excluding hydrogens is 401 g/mol. The van der Waals surface area contributed by atoms with E-state index in [0.717, 1.165) is 0 Å². The van der Waals surface area contributed by atoms with Gasteiger partial charge in [-0.2, -0.15) is 0 Å². The molecule has 3 aromatic carbocycles. The summed E-state index contributed by atoms with van der Waals surface area (Å²) in [6, 6.07) is 18.7. The van der Waals surface area contributed by atoms with Crippen LogP contribution in [0.1, 0.15) is 20.7 Å². The van der Waals surface area contributed by atoms with Crippen molar-refractivity contribution in [2.24, 2.45) is 0 Å². The Morgan fingerprint density at radius 1 is 0.806 bits per heavy atom. The maximum Gasteiger partial charge on any atom is 0.255 e. The summed E-state index contributed by atoms with van der Waals surface area (Å²) in [5.74, 6) is -1.45. The molecule has 0 aliphatic carbocycles. The van der Waals surface area contributed by atoms with Gasteiger partial charge in [0.1, 0.15) is 11.6 Å². The average Bonchev–Trinajstić information content (AvgIpc) is 2.78. The van der Waals surface area contributed by atoms with Gasteiger partial charge < -0.3 is 20.7 Å². The lowest BCUT2D eigenvalue weighted by Crippen LogP contribution is -2.33. The van der Waals surface area contributed by atoms with Crippen LogP contribution in [0, 0.1) is 5.82 Å². The Morgan fingerprint density at radius 2 is 1.42 bits per heavy atom. The average molecular weight is 421 g/mol. The highest BCUT2D eigenvalue weighted by atomic mass is 19.1. The summed E-state index contributed by atoms with van der Waals surface area (Å²) in [5.41, 5.74) is 1.34. The number of anilines is 2. The highest BCUT2D eigenvalue weighted by Crippen LogP contribution is 2.17. The number of rotatable bonds is 7. The Kier molecular flexibility index (Phi) is 6.95. The molecule has 0 atom stereocenters. The third-order valence-electron chi connectivity index (χ3n) is 4.31. The van der Waals surface area contributed by atoms with E-state index in [1.807, 2.05) is 0 Å². The molecule has 0 fully saturated rings. The maximum atomic E-state index is 13.6. The second-order valence-electron chi connectivity index (χ2n) is 6.47. The van der Waals surface area contributed by atoms with E-state index < -0.39 is 17.6 Å². The number of ether oxygens (including phenoxy) is 1. The van der Waals surface area contributed by atoms with Crippen molar-refractivity contribution in [3.8, 4) is 5.75 Å². The smallest absolute Gasteiger partial charge is 0.255 e. The molecular formula is C23H20FN3O4. The molecule has 0 spiro atoms. The molecule has 0 saturated heterocycles. The van der Waals surface area contributed by atoms with Crippen LogP contribution in [-0.2, 0) is 4.79 Å². The molecule has 3 amide bonds. The number of hydrogen-bond acceptors (Lipinski definition) is 4. The van der Waals surface area contributed by atoms with Gasteiger partial charge in [-0.25, -0.2) is 4.39 Å². The maximum absolute atomic E-state index is 13.6. The van der Waals surface area contributed by atoms with Gasteiger partial charge in [0.05, 0.1) is 19.2 Å². The second-order valence-corrected chi connectivity index (χ2v) is 6.47. The summed E-state index contributed by atoms with van der Waals surface area (Å²) in [6.45, 7) is -0.327. The first-order valence-corrected chi connectivity index (χ1v) is 9.34. The Morgan fingerprint density at radius 3 is 2.06 bits per heavy atom. The highest BCUT2D eigenvalue weighted by Gasteiger charge is 2.12. The van der Waals surface area contributed by atoms with Crippen LogP contribution in [0.15, 0.2) is 72.8 Å². The lowest BCUT2D eigenvalue weighted by molar-refractivity contribution is -0.115. The zero-order chi connectivity index (χ0) is 22.2. The van der Waals surface area contributed by atoms with Crippen molar-refractivity contribution in [3.63, 3.8) is 0 Å². The summed E-state index contributed by atoms with van der Waals surface area (Å²) in [7, 11) is 1.56. The van der Waals surface area contributed by atoms with E-state index in [9.17, 15) is 18.8 Å². The van der Waals surface area contributed by atoms with Gasteiger partial charge in [0.15, 0.2) is 0 Å². The molecule has 31 heavy (non-hydrogen) atoms. The fourth-order valence-corrected chi connectivity index (χ4v) is 2.69. The van der Waals surface area contributed by atoms with E-state index in [-0.39, 0.29) is 18.0 Å². The molecule has 0 saturated carbocycles. The number of methoxy groups -OCH3 is 1. The van der Waals surface area contributed by atoms with Crippen LogP contribution < -0.4 is 20.7 Å². The lowest BCUT2D eigenvalue weighted by Gasteiger charge is -2.09. The van der Waals surface area contributed by atoms with Crippen LogP contribution >= 0.6 is 0 Å². The standard InChI is InChI=1S/C23H20FN3O4/c1-31-18-12-10-17(11-13-18)27-22(29)15-6-8-16(9-7-15)26-21(28)14-25-23(30)19-4-2-3-5-20(19)24/h2-13H,14H2,1H3,(H,25,30)(H,26,28)(H,27,29). The van der Waals surface area contributed by atoms with E-state index in [4.69, 9.17) is 4.74 Å². The van der Waals surface area contributed by atoms with Crippen LogP contribution in [0.3, 0.4) is 0 Å². The fraction of sp³-hybridized carbons (Fsp3) is 0.0870. The van der Waals surface area contributed by atoms with Gasteiger partial charge in [0, 0.05) is 16.9 Å². The van der Waals surface area contributed by atoms with Crippen LogP contribution in [0.4, 0.5) is 15.8 Å². The molecule has 158 valence electrons. The third kappa shape index (κ3) is 5.89. The van der Waals surface area contributed by atoms with Crippen molar-refractivity contribution in [1.29, 1.82) is 0 Å². The van der Waals surface area contributed by atoms with Crippen molar-refractivity contribution in [2.45, 2.75) is 0 Å². The largest absolute Gasteiger partial charge is 0.497 e. The van der Waals surface area contributed by atoms with E-state index in [1.165, 1.54) is 24.3 Å². The number of nitrogens with one attached hydrogen (secondary N) is 3. The molecule has 3 aromatic rings.